The molecule has 0 saturated heterocycles. The minimum atomic E-state index is -0.166. The molecule has 0 aromatic heterocycles. The van der Waals surface area contributed by atoms with E-state index in [-0.39, 0.29) is 11.9 Å². The van der Waals surface area contributed by atoms with Crippen molar-refractivity contribution in [1.29, 1.82) is 0 Å². The van der Waals surface area contributed by atoms with Gasteiger partial charge in [-0.25, -0.2) is 0 Å². The van der Waals surface area contributed by atoms with Crippen molar-refractivity contribution in [3.05, 3.63) is 0 Å². The fourth-order valence-corrected chi connectivity index (χ4v) is 0.598. The number of hydrogen-bond acceptors (Lipinski definition) is 2. The molecule has 0 bridgehead atoms. The van der Waals surface area contributed by atoms with E-state index in [0.717, 1.165) is 0 Å². The molecule has 0 aromatic rings. The van der Waals surface area contributed by atoms with Crippen molar-refractivity contribution < 1.29 is 52.0 Å². The molecule has 0 rings (SSSR count). The molecule has 0 unspecified atom stereocenters. The standard InChI is InChI=1S/C4H8O2Xe/c1-3(2)4(5)6-7/h3,7H,1-2H3. The predicted molar refractivity (Wildman–Crippen MR) is 22.3 cm³/mol. The van der Waals surface area contributed by atoms with Crippen LogP contribution >= 0.6 is 0 Å². The van der Waals surface area contributed by atoms with E-state index in [4.69, 9.17) is 0 Å². The monoisotopic (exact) mass is 220 g/mol. The van der Waals surface area contributed by atoms with Gasteiger partial charge < -0.3 is 0 Å². The van der Waals surface area contributed by atoms with E-state index in [1.54, 1.807) is 61.0 Å². The van der Waals surface area contributed by atoms with Crippen LogP contribution in [0, 0.1) is 53.1 Å². The molecule has 0 amide bonds. The van der Waals surface area contributed by atoms with E-state index in [1.165, 1.54) is 0 Å². The van der Waals surface area contributed by atoms with Crippen LogP contribution in [0.25, 0.3) is 0 Å². The van der Waals surface area contributed by atoms with Crippen LogP contribution in [0.5, 0.6) is 0 Å². The summed E-state index contributed by atoms with van der Waals surface area (Å²) in [7, 11) is 0. The maximum absolute atomic E-state index is 10.3. The average Bonchev–Trinajstić information content (AvgIpc) is 1.65. The Balaban J connectivity index is 3.35. The van der Waals surface area contributed by atoms with Crippen molar-refractivity contribution in [2.45, 2.75) is 13.8 Å². The van der Waals surface area contributed by atoms with Crippen molar-refractivity contribution in [3.8, 4) is 0 Å². The van der Waals surface area contributed by atoms with Gasteiger partial charge in [-0.15, -0.1) is 0 Å². The van der Waals surface area contributed by atoms with E-state index in [2.05, 4.69) is 0.0568 Å². The maximum atomic E-state index is 10.3. The summed E-state index contributed by atoms with van der Waals surface area (Å²) in [4.78, 5) is 10.3. The number of rotatable bonds is 1. The minimum absolute atomic E-state index is 0.00287. The van der Waals surface area contributed by atoms with Gasteiger partial charge in [0.15, 0.2) is 0 Å². The number of carbonyl (C=O) groups is 1. The van der Waals surface area contributed by atoms with Crippen LogP contribution < -0.4 is 0 Å². The summed E-state index contributed by atoms with van der Waals surface area (Å²) in [6.45, 7) is 3.59. The quantitative estimate of drug-likeness (QED) is 0.637. The summed E-state index contributed by atoms with van der Waals surface area (Å²) in [5.41, 5.74) is 0. The molecule has 0 aliphatic carbocycles. The number of hydrogen-bond donors (Lipinski definition) is 0. The molecule has 0 aromatic carbocycles. The molecule has 3 heteroatoms. The second-order valence-electron chi connectivity index (χ2n) is 1.55. The van der Waals surface area contributed by atoms with Crippen LogP contribution in [0.4, 0.5) is 0 Å². The molecular formula is C4H8O2Xe. The van der Waals surface area contributed by atoms with Crippen LogP contribution in [-0.2, 0) is 4.85 Å². The summed E-state index contributed by atoms with van der Waals surface area (Å²) in [5, 5.41) is 0. The summed E-state index contributed by atoms with van der Waals surface area (Å²) < 4.78 is 4.34. The molecule has 0 spiro atoms. The molecule has 0 N–H and O–H groups in total. The zero-order valence-electron chi connectivity index (χ0n) is 4.27. The Kier molecular flexibility index (Phi) is 4.57. The van der Waals surface area contributed by atoms with Crippen LogP contribution in [0.1, 0.15) is 13.8 Å². The summed E-state index contributed by atoms with van der Waals surface area (Å²) in [6.07, 6.45) is 0. The van der Waals surface area contributed by atoms with Crippen LogP contribution in [-0.4, -0.2) is 5.97 Å². The van der Waals surface area contributed by atoms with Crippen molar-refractivity contribution in [3.63, 3.8) is 0 Å². The molecule has 2 nitrogen and oxygen atoms in total. The fraction of sp³-hybridized carbons (Fsp3) is 0.750. The molecule has 7 heavy (non-hydrogen) atoms. The zero-order chi connectivity index (χ0) is 5.86. The molecule has 0 fully saturated rings. The fourth-order valence-electron chi connectivity index (χ4n) is 0.0891. The molecule has 0 heterocycles. The van der Waals surface area contributed by atoms with E-state index >= 15 is 0 Å². The normalized spacial score (nSPS) is 9.29. The third-order valence-electron chi connectivity index (χ3n) is 0.547. The van der Waals surface area contributed by atoms with Crippen molar-refractivity contribution in [1.82, 2.24) is 0 Å². The third-order valence-corrected chi connectivity index (χ3v) is 0.982. The Hall–Kier alpha value is 1.04. The third kappa shape index (κ3) is 3.61. The van der Waals surface area contributed by atoms with E-state index in [9.17, 15) is 4.79 Å². The molecule has 0 atom stereocenters. The van der Waals surface area contributed by atoms with E-state index < -0.39 is 0 Å². The summed E-state index contributed by atoms with van der Waals surface area (Å²) >= 11 is 1.58. The predicted octanol–water partition coefficient (Wildman–Crippen LogP) is 0.382. The molecule has 0 aliphatic heterocycles. The van der Waals surface area contributed by atoms with Gasteiger partial charge in [0, 0.05) is 0 Å². The second-order valence-corrected chi connectivity index (χ2v) is 1.99. The first-order chi connectivity index (χ1) is 3.18. The Morgan fingerprint density at radius 2 is 2.14 bits per heavy atom. The van der Waals surface area contributed by atoms with Crippen LogP contribution in [0.15, 0.2) is 0 Å². The van der Waals surface area contributed by atoms with Crippen molar-refractivity contribution >= 4 is 5.97 Å². The topological polar surface area (TPSA) is 26.3 Å². The summed E-state index contributed by atoms with van der Waals surface area (Å²) in [5.74, 6) is -0.169. The van der Waals surface area contributed by atoms with Gasteiger partial charge in [-0.3, -0.25) is 0 Å². The van der Waals surface area contributed by atoms with Gasteiger partial charge in [-0.1, -0.05) is 0 Å². The van der Waals surface area contributed by atoms with Crippen molar-refractivity contribution in [2.24, 2.45) is 5.92 Å². The van der Waals surface area contributed by atoms with Crippen molar-refractivity contribution in [2.75, 3.05) is 0 Å². The van der Waals surface area contributed by atoms with Gasteiger partial charge in [0.05, 0.1) is 0 Å². The Morgan fingerprint density at radius 3 is 2.14 bits per heavy atom. The molecule has 44 valence electrons. The van der Waals surface area contributed by atoms with E-state index in [1.807, 2.05) is 0 Å². The first-order valence-electron chi connectivity index (χ1n) is 2.01. The van der Waals surface area contributed by atoms with Crippen LogP contribution in [0.2, 0.25) is 0 Å². The average molecular weight is 219 g/mol. The zero-order valence-corrected chi connectivity index (χ0v) is 6.43. The Bertz CT molecular complexity index is 70.1. The summed E-state index contributed by atoms with van der Waals surface area (Å²) in [6, 6.07) is 0. The first-order valence-corrected chi connectivity index (χ1v) is 2.89. The van der Waals surface area contributed by atoms with Gasteiger partial charge in [0.2, 0.25) is 0 Å². The number of carbonyl (C=O) groups excluding carboxylic acids is 1. The van der Waals surface area contributed by atoms with Gasteiger partial charge in [0.25, 0.3) is 0 Å². The van der Waals surface area contributed by atoms with Gasteiger partial charge in [-0.05, 0) is 0 Å². The van der Waals surface area contributed by atoms with Gasteiger partial charge >= 0.3 is 77.8 Å². The molecule has 0 saturated carbocycles. The molecule has 0 aliphatic rings. The SMILES string of the molecule is CC(C)C(=O)O[XeH]. The first kappa shape index (κ1) is 8.04. The molecular weight excluding hydrogens is 211 g/mol. The Labute approximate surface area is 76.6 Å². The van der Waals surface area contributed by atoms with Gasteiger partial charge in [0.1, 0.15) is 0 Å². The van der Waals surface area contributed by atoms with Gasteiger partial charge in [-0.2, -0.15) is 0 Å². The second kappa shape index (κ2) is 3.97. The molecule has 0 radical (unpaired) electrons. The Morgan fingerprint density at radius 1 is 1.71 bits per heavy atom. The van der Waals surface area contributed by atoms with Crippen LogP contribution in [0.3, 0.4) is 0 Å². The van der Waals surface area contributed by atoms with E-state index in [0.29, 0.717) is 0 Å².